The number of carbonyl (C=O) groups excluding carboxylic acids is 1. The van der Waals surface area contributed by atoms with Gasteiger partial charge in [-0.15, -0.1) is 0 Å². The highest BCUT2D eigenvalue weighted by Gasteiger charge is 2.25. The monoisotopic (exact) mass is 420 g/mol. The Morgan fingerprint density at radius 1 is 1.17 bits per heavy atom. The second kappa shape index (κ2) is 10.9. The number of nitrogens with zero attached hydrogens (tertiary/aromatic N) is 1. The van der Waals surface area contributed by atoms with E-state index in [2.05, 4.69) is 20.9 Å². The summed E-state index contributed by atoms with van der Waals surface area (Å²) in [5, 5.41) is 19.6. The van der Waals surface area contributed by atoms with Crippen LogP contribution in [0.3, 0.4) is 0 Å². The highest BCUT2D eigenvalue weighted by molar-refractivity contribution is 5.80. The first-order valence-electron chi connectivity index (χ1n) is 10.6. The molecule has 1 fully saturated rings. The summed E-state index contributed by atoms with van der Waals surface area (Å²) in [5.74, 6) is 1.31. The van der Waals surface area contributed by atoms with E-state index < -0.39 is 5.60 Å². The molecule has 1 aromatic rings. The van der Waals surface area contributed by atoms with Crippen LogP contribution in [0.1, 0.15) is 58.9 Å². The molecule has 0 saturated heterocycles. The minimum Gasteiger partial charge on any atom is -0.504 e. The molecule has 2 rings (SSSR count). The zero-order valence-electron chi connectivity index (χ0n) is 18.7. The molecule has 0 aromatic heterocycles. The number of hydrogen-bond acceptors (Lipinski definition) is 5. The van der Waals surface area contributed by atoms with E-state index in [4.69, 9.17) is 9.47 Å². The predicted molar refractivity (Wildman–Crippen MR) is 118 cm³/mol. The summed E-state index contributed by atoms with van der Waals surface area (Å²) >= 11 is 0. The van der Waals surface area contributed by atoms with Crippen LogP contribution < -0.4 is 20.7 Å². The molecular weight excluding hydrogens is 384 g/mol. The van der Waals surface area contributed by atoms with Crippen molar-refractivity contribution >= 4 is 12.1 Å². The largest absolute Gasteiger partial charge is 0.504 e. The van der Waals surface area contributed by atoms with Crippen LogP contribution in [0.15, 0.2) is 23.2 Å². The van der Waals surface area contributed by atoms with Gasteiger partial charge >= 0.3 is 6.09 Å². The molecule has 0 spiro atoms. The van der Waals surface area contributed by atoms with Crippen molar-refractivity contribution < 1.29 is 19.4 Å². The number of aromatic hydroxyl groups is 1. The highest BCUT2D eigenvalue weighted by Crippen LogP contribution is 2.26. The maximum absolute atomic E-state index is 12.0. The third-order valence-electron chi connectivity index (χ3n) is 4.80. The van der Waals surface area contributed by atoms with Gasteiger partial charge in [-0.25, -0.2) is 9.79 Å². The van der Waals surface area contributed by atoms with Crippen LogP contribution in [0.4, 0.5) is 4.79 Å². The van der Waals surface area contributed by atoms with Gasteiger partial charge in [-0.05, 0) is 71.1 Å². The van der Waals surface area contributed by atoms with Crippen molar-refractivity contribution in [3.63, 3.8) is 0 Å². The molecule has 4 N–H and O–H groups in total. The summed E-state index contributed by atoms with van der Waals surface area (Å²) in [7, 11) is 1.53. The first-order valence-corrected chi connectivity index (χ1v) is 10.6. The molecular formula is C22H36N4O4. The molecule has 1 saturated carbocycles. The number of phenols is 1. The standard InChI is InChI=1S/C22H36N4O4/c1-6-23-20(24-14-15-7-12-19(29-5)18(27)13-15)25-16-8-10-17(11-9-16)26-21(28)30-22(2,3)4/h7,12-13,16-17,27H,6,8-11,14H2,1-5H3,(H,26,28)(H2,23,24,25). The Balaban J connectivity index is 1.85. The fourth-order valence-corrected chi connectivity index (χ4v) is 3.37. The van der Waals surface area contributed by atoms with Crippen molar-refractivity contribution in [3.8, 4) is 11.5 Å². The Labute approximate surface area is 179 Å². The van der Waals surface area contributed by atoms with Crippen LogP contribution in [0.5, 0.6) is 11.5 Å². The summed E-state index contributed by atoms with van der Waals surface area (Å²) in [4.78, 5) is 16.6. The van der Waals surface area contributed by atoms with Gasteiger partial charge in [-0.3, -0.25) is 0 Å². The third kappa shape index (κ3) is 8.00. The molecule has 30 heavy (non-hydrogen) atoms. The molecule has 1 amide bonds. The van der Waals surface area contributed by atoms with Crippen LogP contribution in [-0.4, -0.2) is 48.5 Å². The van der Waals surface area contributed by atoms with Gasteiger partial charge in [0.05, 0.1) is 13.7 Å². The Morgan fingerprint density at radius 2 is 1.80 bits per heavy atom. The minimum atomic E-state index is -0.485. The predicted octanol–water partition coefficient (Wildman–Crippen LogP) is 3.29. The normalized spacial score (nSPS) is 19.7. The van der Waals surface area contributed by atoms with E-state index in [0.29, 0.717) is 18.3 Å². The molecule has 0 aliphatic heterocycles. The topological polar surface area (TPSA) is 104 Å². The quantitative estimate of drug-likeness (QED) is 0.416. The summed E-state index contributed by atoms with van der Waals surface area (Å²) in [6.07, 6.45) is 3.31. The van der Waals surface area contributed by atoms with E-state index in [1.807, 2.05) is 33.8 Å². The molecule has 8 heteroatoms. The number of phenolic OH excluding ortho intramolecular Hbond substituents is 1. The Hall–Kier alpha value is -2.64. The SMILES string of the molecule is CCNC(=NCc1ccc(OC)c(O)c1)NC1CCC(NC(=O)OC(C)(C)C)CC1. The lowest BCUT2D eigenvalue weighted by atomic mass is 9.91. The van der Waals surface area contributed by atoms with Crippen molar-refractivity contribution in [1.29, 1.82) is 0 Å². The zero-order valence-corrected chi connectivity index (χ0v) is 18.7. The first-order chi connectivity index (χ1) is 14.2. The van der Waals surface area contributed by atoms with Gasteiger partial charge in [-0.1, -0.05) is 6.07 Å². The summed E-state index contributed by atoms with van der Waals surface area (Å²) in [6, 6.07) is 5.72. The Bertz CT molecular complexity index is 722. The maximum atomic E-state index is 12.0. The van der Waals surface area contributed by atoms with Crippen molar-refractivity contribution in [1.82, 2.24) is 16.0 Å². The zero-order chi connectivity index (χ0) is 22.1. The molecule has 1 aliphatic rings. The number of benzene rings is 1. The number of hydrogen-bond donors (Lipinski definition) is 4. The lowest BCUT2D eigenvalue weighted by Crippen LogP contribution is -2.48. The molecule has 8 nitrogen and oxygen atoms in total. The molecule has 1 aromatic carbocycles. The molecule has 0 radical (unpaired) electrons. The second-order valence-electron chi connectivity index (χ2n) is 8.54. The lowest BCUT2D eigenvalue weighted by Gasteiger charge is -2.31. The number of nitrogens with one attached hydrogen (secondary N) is 3. The van der Waals surface area contributed by atoms with E-state index in [1.54, 1.807) is 12.1 Å². The number of rotatable bonds is 6. The molecule has 0 heterocycles. The van der Waals surface area contributed by atoms with E-state index in [0.717, 1.165) is 43.8 Å². The number of alkyl carbamates (subject to hydrolysis) is 1. The van der Waals surface area contributed by atoms with Gasteiger partial charge in [-0.2, -0.15) is 0 Å². The van der Waals surface area contributed by atoms with E-state index in [9.17, 15) is 9.90 Å². The highest BCUT2D eigenvalue weighted by atomic mass is 16.6. The third-order valence-corrected chi connectivity index (χ3v) is 4.80. The van der Waals surface area contributed by atoms with Gasteiger partial charge in [0.2, 0.25) is 0 Å². The van der Waals surface area contributed by atoms with Gasteiger partial charge in [0.15, 0.2) is 17.5 Å². The minimum absolute atomic E-state index is 0.110. The van der Waals surface area contributed by atoms with Crippen LogP contribution in [0.25, 0.3) is 0 Å². The second-order valence-corrected chi connectivity index (χ2v) is 8.54. The summed E-state index contributed by atoms with van der Waals surface area (Å²) < 4.78 is 10.4. The first kappa shape index (κ1) is 23.6. The fourth-order valence-electron chi connectivity index (χ4n) is 3.37. The number of guanidine groups is 1. The average molecular weight is 421 g/mol. The van der Waals surface area contributed by atoms with E-state index in [1.165, 1.54) is 7.11 Å². The molecule has 168 valence electrons. The summed E-state index contributed by atoms with van der Waals surface area (Å²) in [5.41, 5.74) is 0.413. The van der Waals surface area contributed by atoms with Crippen molar-refractivity contribution in [2.24, 2.45) is 4.99 Å². The molecule has 0 bridgehead atoms. The number of ether oxygens (including phenoxy) is 2. The lowest BCUT2D eigenvalue weighted by molar-refractivity contribution is 0.0490. The maximum Gasteiger partial charge on any atom is 0.407 e. The van der Waals surface area contributed by atoms with Gasteiger partial charge in [0.1, 0.15) is 5.60 Å². The van der Waals surface area contributed by atoms with Gasteiger partial charge in [0.25, 0.3) is 0 Å². The van der Waals surface area contributed by atoms with E-state index in [-0.39, 0.29) is 17.9 Å². The number of amides is 1. The fraction of sp³-hybridized carbons (Fsp3) is 0.636. The number of aliphatic imine (C=N–C) groups is 1. The Kier molecular flexibility index (Phi) is 8.62. The van der Waals surface area contributed by atoms with Crippen LogP contribution in [0.2, 0.25) is 0 Å². The van der Waals surface area contributed by atoms with Gasteiger partial charge < -0.3 is 30.5 Å². The molecule has 0 unspecified atom stereocenters. The van der Waals surface area contributed by atoms with Crippen LogP contribution >= 0.6 is 0 Å². The number of carbonyl (C=O) groups is 1. The van der Waals surface area contributed by atoms with Gasteiger partial charge in [0, 0.05) is 18.6 Å². The van der Waals surface area contributed by atoms with Crippen molar-refractivity contribution in [2.45, 2.75) is 77.6 Å². The van der Waals surface area contributed by atoms with E-state index >= 15 is 0 Å². The summed E-state index contributed by atoms with van der Waals surface area (Å²) in [6.45, 7) is 8.82. The van der Waals surface area contributed by atoms with Crippen molar-refractivity contribution in [2.75, 3.05) is 13.7 Å². The smallest absolute Gasteiger partial charge is 0.407 e. The van der Waals surface area contributed by atoms with Crippen LogP contribution in [0, 0.1) is 0 Å². The Morgan fingerprint density at radius 3 is 2.33 bits per heavy atom. The molecule has 1 aliphatic carbocycles. The number of methoxy groups -OCH3 is 1. The van der Waals surface area contributed by atoms with Crippen LogP contribution in [-0.2, 0) is 11.3 Å². The van der Waals surface area contributed by atoms with Crippen molar-refractivity contribution in [3.05, 3.63) is 23.8 Å². The average Bonchev–Trinajstić information content (AvgIpc) is 2.66. The molecule has 0 atom stereocenters.